The predicted molar refractivity (Wildman–Crippen MR) is 40.6 cm³/mol. The largest absolute Gasteiger partial charge is 0.354 e. The van der Waals surface area contributed by atoms with Crippen LogP contribution in [0.4, 0.5) is 0 Å². The van der Waals surface area contributed by atoms with Crippen LogP contribution in [0.1, 0.15) is 0 Å². The summed E-state index contributed by atoms with van der Waals surface area (Å²) in [4.78, 5) is 12.6. The second-order valence-corrected chi connectivity index (χ2v) is 2.38. The summed E-state index contributed by atoms with van der Waals surface area (Å²) in [5.41, 5.74) is 5.18. The van der Waals surface area contributed by atoms with E-state index in [1.54, 1.807) is 0 Å². The standard InChI is InChI=1S/C6H15N3O/c1-9(2)5-6(10)8-4-3-7/h3-5,7H2,1-2H3,(H,8,10). The molecule has 0 bridgehead atoms. The average molecular weight is 145 g/mol. The first-order valence-corrected chi connectivity index (χ1v) is 3.28. The summed E-state index contributed by atoms with van der Waals surface area (Å²) in [6, 6.07) is 0. The number of likely N-dealkylation sites (N-methyl/N-ethyl adjacent to an activating group) is 1. The van der Waals surface area contributed by atoms with E-state index in [-0.39, 0.29) is 5.91 Å². The molecule has 0 aromatic heterocycles. The van der Waals surface area contributed by atoms with Gasteiger partial charge in [-0.15, -0.1) is 0 Å². The molecule has 0 heterocycles. The van der Waals surface area contributed by atoms with E-state index in [1.807, 2.05) is 19.0 Å². The molecule has 0 saturated heterocycles. The molecule has 0 unspecified atom stereocenters. The van der Waals surface area contributed by atoms with Crippen LogP contribution in [0.2, 0.25) is 0 Å². The summed E-state index contributed by atoms with van der Waals surface area (Å²) < 4.78 is 0. The predicted octanol–water partition coefficient (Wildman–Crippen LogP) is -1.38. The van der Waals surface area contributed by atoms with Crippen LogP contribution in [-0.4, -0.2) is 44.5 Å². The van der Waals surface area contributed by atoms with Crippen LogP contribution in [0.5, 0.6) is 0 Å². The summed E-state index contributed by atoms with van der Waals surface area (Å²) in [6.45, 7) is 1.49. The van der Waals surface area contributed by atoms with Gasteiger partial charge in [0.25, 0.3) is 0 Å². The first-order valence-electron chi connectivity index (χ1n) is 3.28. The fourth-order valence-corrected chi connectivity index (χ4v) is 0.555. The van der Waals surface area contributed by atoms with Gasteiger partial charge in [0.1, 0.15) is 0 Å². The molecule has 0 atom stereocenters. The zero-order valence-electron chi connectivity index (χ0n) is 6.55. The third-order valence-electron chi connectivity index (χ3n) is 0.926. The molecule has 4 heteroatoms. The maximum absolute atomic E-state index is 10.8. The summed E-state index contributed by atoms with van der Waals surface area (Å²) in [6.07, 6.45) is 0. The van der Waals surface area contributed by atoms with Crippen molar-refractivity contribution >= 4 is 5.91 Å². The molecule has 0 aliphatic rings. The van der Waals surface area contributed by atoms with E-state index in [0.29, 0.717) is 19.6 Å². The topological polar surface area (TPSA) is 58.4 Å². The number of nitrogens with two attached hydrogens (primary N) is 1. The molecule has 0 aromatic carbocycles. The Labute approximate surface area is 61.4 Å². The SMILES string of the molecule is CN(C)CC(=O)NCCN. The van der Waals surface area contributed by atoms with Gasteiger partial charge in [-0.2, -0.15) is 0 Å². The molecule has 0 radical (unpaired) electrons. The van der Waals surface area contributed by atoms with E-state index in [0.717, 1.165) is 0 Å². The molecule has 0 aliphatic carbocycles. The van der Waals surface area contributed by atoms with E-state index >= 15 is 0 Å². The fraction of sp³-hybridized carbons (Fsp3) is 0.833. The van der Waals surface area contributed by atoms with Crippen molar-refractivity contribution in [2.45, 2.75) is 0 Å². The van der Waals surface area contributed by atoms with Gasteiger partial charge in [-0.3, -0.25) is 4.79 Å². The number of hydrogen-bond acceptors (Lipinski definition) is 3. The van der Waals surface area contributed by atoms with Crippen molar-refractivity contribution in [2.75, 3.05) is 33.7 Å². The van der Waals surface area contributed by atoms with E-state index in [4.69, 9.17) is 5.73 Å². The zero-order valence-corrected chi connectivity index (χ0v) is 6.55. The number of nitrogens with zero attached hydrogens (tertiary/aromatic N) is 1. The molecule has 0 aromatic rings. The molecule has 4 nitrogen and oxygen atoms in total. The third kappa shape index (κ3) is 5.53. The lowest BCUT2D eigenvalue weighted by molar-refractivity contribution is -0.121. The van der Waals surface area contributed by atoms with Gasteiger partial charge in [0.15, 0.2) is 0 Å². The van der Waals surface area contributed by atoms with Crippen molar-refractivity contribution in [3.05, 3.63) is 0 Å². The Morgan fingerprint density at radius 1 is 1.60 bits per heavy atom. The van der Waals surface area contributed by atoms with Crippen molar-refractivity contribution in [1.82, 2.24) is 10.2 Å². The molecule has 0 spiro atoms. The van der Waals surface area contributed by atoms with Crippen molar-refractivity contribution in [3.63, 3.8) is 0 Å². The van der Waals surface area contributed by atoms with Gasteiger partial charge >= 0.3 is 0 Å². The summed E-state index contributed by atoms with van der Waals surface area (Å²) in [5, 5.41) is 2.66. The van der Waals surface area contributed by atoms with Gasteiger partial charge in [-0.25, -0.2) is 0 Å². The normalized spacial score (nSPS) is 10.0. The van der Waals surface area contributed by atoms with Crippen LogP contribution in [-0.2, 0) is 4.79 Å². The van der Waals surface area contributed by atoms with Crippen molar-refractivity contribution < 1.29 is 4.79 Å². The quantitative estimate of drug-likeness (QED) is 0.513. The number of hydrogen-bond donors (Lipinski definition) is 2. The van der Waals surface area contributed by atoms with Gasteiger partial charge < -0.3 is 16.0 Å². The molecule has 10 heavy (non-hydrogen) atoms. The van der Waals surface area contributed by atoms with Crippen molar-refractivity contribution in [2.24, 2.45) is 5.73 Å². The lowest BCUT2D eigenvalue weighted by Gasteiger charge is -2.08. The Morgan fingerprint density at radius 2 is 2.20 bits per heavy atom. The van der Waals surface area contributed by atoms with Crippen LogP contribution in [0, 0.1) is 0 Å². The molecule has 0 fully saturated rings. The minimum absolute atomic E-state index is 0.0236. The van der Waals surface area contributed by atoms with Crippen molar-refractivity contribution in [1.29, 1.82) is 0 Å². The Kier molecular flexibility index (Phi) is 4.88. The van der Waals surface area contributed by atoms with Crippen molar-refractivity contribution in [3.8, 4) is 0 Å². The second kappa shape index (κ2) is 5.20. The van der Waals surface area contributed by atoms with E-state index < -0.39 is 0 Å². The lowest BCUT2D eigenvalue weighted by atomic mass is 10.5. The molecule has 0 saturated carbocycles. The third-order valence-corrected chi connectivity index (χ3v) is 0.926. The zero-order chi connectivity index (χ0) is 7.98. The van der Waals surface area contributed by atoms with Gasteiger partial charge in [-0.05, 0) is 14.1 Å². The Hall–Kier alpha value is -0.610. The van der Waals surface area contributed by atoms with Crippen LogP contribution >= 0.6 is 0 Å². The molecular formula is C6H15N3O. The van der Waals surface area contributed by atoms with Crippen LogP contribution in [0.25, 0.3) is 0 Å². The van der Waals surface area contributed by atoms with Gasteiger partial charge in [-0.1, -0.05) is 0 Å². The highest BCUT2D eigenvalue weighted by Crippen LogP contribution is 1.72. The van der Waals surface area contributed by atoms with Crippen LogP contribution in [0.3, 0.4) is 0 Å². The average Bonchev–Trinajstić information content (AvgIpc) is 1.82. The Balaban J connectivity index is 3.26. The highest BCUT2D eigenvalue weighted by molar-refractivity contribution is 5.77. The minimum atomic E-state index is 0.0236. The minimum Gasteiger partial charge on any atom is -0.354 e. The summed E-state index contributed by atoms with van der Waals surface area (Å²) >= 11 is 0. The number of nitrogens with one attached hydrogen (secondary N) is 1. The molecule has 60 valence electrons. The first-order chi connectivity index (χ1) is 4.66. The van der Waals surface area contributed by atoms with Gasteiger partial charge in [0.2, 0.25) is 5.91 Å². The van der Waals surface area contributed by atoms with E-state index in [9.17, 15) is 4.79 Å². The number of carbonyl (C=O) groups excluding carboxylic acids is 1. The molecule has 3 N–H and O–H groups in total. The van der Waals surface area contributed by atoms with Crippen LogP contribution in [0.15, 0.2) is 0 Å². The monoisotopic (exact) mass is 145 g/mol. The number of carbonyl (C=O) groups is 1. The molecular weight excluding hydrogens is 130 g/mol. The summed E-state index contributed by atoms with van der Waals surface area (Å²) in [7, 11) is 3.70. The maximum Gasteiger partial charge on any atom is 0.234 e. The Morgan fingerprint density at radius 3 is 2.60 bits per heavy atom. The van der Waals surface area contributed by atoms with Gasteiger partial charge in [0, 0.05) is 13.1 Å². The number of amides is 1. The van der Waals surface area contributed by atoms with Crippen LogP contribution < -0.4 is 11.1 Å². The smallest absolute Gasteiger partial charge is 0.234 e. The van der Waals surface area contributed by atoms with Gasteiger partial charge in [0.05, 0.1) is 6.54 Å². The molecule has 0 rings (SSSR count). The molecule has 1 amide bonds. The lowest BCUT2D eigenvalue weighted by Crippen LogP contribution is -2.35. The fourth-order valence-electron chi connectivity index (χ4n) is 0.555. The molecule has 0 aliphatic heterocycles. The van der Waals surface area contributed by atoms with E-state index in [2.05, 4.69) is 5.32 Å². The second-order valence-electron chi connectivity index (χ2n) is 2.38. The number of rotatable bonds is 4. The summed E-state index contributed by atoms with van der Waals surface area (Å²) in [5.74, 6) is 0.0236. The highest BCUT2D eigenvalue weighted by atomic mass is 16.1. The first kappa shape index (κ1) is 9.39. The maximum atomic E-state index is 10.8. The highest BCUT2D eigenvalue weighted by Gasteiger charge is 1.99. The Bertz CT molecular complexity index is 103. The van der Waals surface area contributed by atoms with E-state index in [1.165, 1.54) is 0 Å².